The first kappa shape index (κ1) is 10.5. The summed E-state index contributed by atoms with van der Waals surface area (Å²) in [5.41, 5.74) is 1.13. The monoisotopic (exact) mass is 180 g/mol. The molecule has 1 saturated carbocycles. The zero-order chi connectivity index (χ0) is 9.84. The Bertz CT molecular complexity index is 211. The predicted octanol–water partition coefficient (Wildman–Crippen LogP) is 3.35. The van der Waals surface area contributed by atoms with Gasteiger partial charge in [-0.3, -0.25) is 4.79 Å². The molecule has 1 heteroatoms. The molecule has 0 aromatic heterocycles. The molecule has 0 aromatic rings. The highest BCUT2D eigenvalue weighted by Crippen LogP contribution is 2.29. The lowest BCUT2D eigenvalue weighted by molar-refractivity contribution is -0.119. The van der Waals surface area contributed by atoms with Crippen molar-refractivity contribution in [3.63, 3.8) is 0 Å². The molecule has 1 aliphatic rings. The van der Waals surface area contributed by atoms with E-state index in [1.54, 1.807) is 0 Å². The fourth-order valence-corrected chi connectivity index (χ4v) is 2.09. The highest BCUT2D eigenvalue weighted by Gasteiger charge is 2.23. The van der Waals surface area contributed by atoms with E-state index >= 15 is 0 Å². The van der Waals surface area contributed by atoms with Crippen LogP contribution in [0, 0.1) is 11.8 Å². The molecule has 0 radical (unpaired) electrons. The van der Waals surface area contributed by atoms with Gasteiger partial charge in [0.15, 0.2) is 5.78 Å². The van der Waals surface area contributed by atoms with E-state index in [0.29, 0.717) is 11.7 Å². The number of rotatable bonds is 2. The highest BCUT2D eigenvalue weighted by atomic mass is 16.1. The maximum Gasteiger partial charge on any atom is 0.158 e. The lowest BCUT2D eigenvalue weighted by atomic mass is 9.80. The number of hydrogen-bond donors (Lipinski definition) is 0. The first-order valence-electron chi connectivity index (χ1n) is 5.28. The SMILES string of the molecule is CC(C)=CC(=O)C1CCCC(C)C1. The van der Waals surface area contributed by atoms with E-state index in [4.69, 9.17) is 0 Å². The Labute approximate surface area is 81.2 Å². The van der Waals surface area contributed by atoms with Crippen LogP contribution in [-0.4, -0.2) is 5.78 Å². The second kappa shape index (κ2) is 4.59. The van der Waals surface area contributed by atoms with Crippen molar-refractivity contribution >= 4 is 5.78 Å². The summed E-state index contributed by atoms with van der Waals surface area (Å²) in [6.07, 6.45) is 6.55. The summed E-state index contributed by atoms with van der Waals surface area (Å²) >= 11 is 0. The average Bonchev–Trinajstić information content (AvgIpc) is 2.03. The Balaban J connectivity index is 2.51. The van der Waals surface area contributed by atoms with Gasteiger partial charge in [0.1, 0.15) is 0 Å². The Kier molecular flexibility index (Phi) is 3.71. The van der Waals surface area contributed by atoms with E-state index in [2.05, 4.69) is 6.92 Å². The summed E-state index contributed by atoms with van der Waals surface area (Å²) < 4.78 is 0. The zero-order valence-corrected chi connectivity index (χ0v) is 8.97. The maximum atomic E-state index is 11.7. The molecule has 0 aliphatic heterocycles. The van der Waals surface area contributed by atoms with Gasteiger partial charge in [-0.25, -0.2) is 0 Å². The molecular weight excluding hydrogens is 160 g/mol. The van der Waals surface area contributed by atoms with E-state index in [-0.39, 0.29) is 0 Å². The fraction of sp³-hybridized carbons (Fsp3) is 0.750. The lowest BCUT2D eigenvalue weighted by Gasteiger charge is -2.24. The van der Waals surface area contributed by atoms with Gasteiger partial charge < -0.3 is 0 Å². The van der Waals surface area contributed by atoms with Gasteiger partial charge in [-0.2, -0.15) is 0 Å². The quantitative estimate of drug-likeness (QED) is 0.596. The van der Waals surface area contributed by atoms with Gasteiger partial charge in [0.05, 0.1) is 0 Å². The Morgan fingerprint density at radius 3 is 2.54 bits per heavy atom. The predicted molar refractivity (Wildman–Crippen MR) is 55.6 cm³/mol. The second-order valence-electron chi connectivity index (χ2n) is 4.59. The van der Waals surface area contributed by atoms with Gasteiger partial charge in [-0.1, -0.05) is 25.3 Å². The third-order valence-corrected chi connectivity index (χ3v) is 2.77. The minimum absolute atomic E-state index is 0.318. The normalized spacial score (nSPS) is 28.2. The van der Waals surface area contributed by atoms with Crippen LogP contribution in [0.5, 0.6) is 0 Å². The summed E-state index contributed by atoms with van der Waals surface area (Å²) in [5.74, 6) is 1.42. The van der Waals surface area contributed by atoms with Crippen molar-refractivity contribution in [3.05, 3.63) is 11.6 Å². The van der Waals surface area contributed by atoms with Crippen LogP contribution in [0.25, 0.3) is 0 Å². The van der Waals surface area contributed by atoms with Crippen molar-refractivity contribution in [1.82, 2.24) is 0 Å². The highest BCUT2D eigenvalue weighted by molar-refractivity contribution is 5.92. The van der Waals surface area contributed by atoms with Gasteiger partial charge in [-0.05, 0) is 38.7 Å². The molecule has 74 valence electrons. The van der Waals surface area contributed by atoms with Gasteiger partial charge in [0.2, 0.25) is 0 Å². The largest absolute Gasteiger partial charge is 0.295 e. The van der Waals surface area contributed by atoms with E-state index in [9.17, 15) is 4.79 Å². The van der Waals surface area contributed by atoms with Crippen molar-refractivity contribution in [2.45, 2.75) is 46.5 Å². The van der Waals surface area contributed by atoms with Crippen LogP contribution in [-0.2, 0) is 4.79 Å². The van der Waals surface area contributed by atoms with Crippen molar-refractivity contribution in [3.8, 4) is 0 Å². The van der Waals surface area contributed by atoms with Crippen molar-refractivity contribution < 1.29 is 4.79 Å². The van der Waals surface area contributed by atoms with E-state index < -0.39 is 0 Å². The van der Waals surface area contributed by atoms with Crippen LogP contribution in [0.1, 0.15) is 46.5 Å². The summed E-state index contributed by atoms with van der Waals surface area (Å²) in [5, 5.41) is 0. The summed E-state index contributed by atoms with van der Waals surface area (Å²) in [6.45, 7) is 6.23. The van der Waals surface area contributed by atoms with Gasteiger partial charge >= 0.3 is 0 Å². The number of carbonyl (C=O) groups is 1. The van der Waals surface area contributed by atoms with Gasteiger partial charge in [0, 0.05) is 5.92 Å². The number of ketones is 1. The molecule has 0 N–H and O–H groups in total. The molecule has 1 fully saturated rings. The molecule has 13 heavy (non-hydrogen) atoms. The summed E-state index contributed by atoms with van der Waals surface area (Å²) in [7, 11) is 0. The molecule has 0 aromatic carbocycles. The van der Waals surface area contributed by atoms with Crippen LogP contribution in [0.3, 0.4) is 0 Å². The maximum absolute atomic E-state index is 11.7. The molecule has 1 rings (SSSR count). The minimum atomic E-state index is 0.318. The lowest BCUT2D eigenvalue weighted by Crippen LogP contribution is -2.20. The third-order valence-electron chi connectivity index (χ3n) is 2.77. The Hall–Kier alpha value is -0.590. The molecular formula is C12H20O. The summed E-state index contributed by atoms with van der Waals surface area (Å²) in [6, 6.07) is 0. The molecule has 1 nitrogen and oxygen atoms in total. The number of carbonyl (C=O) groups excluding carboxylic acids is 1. The zero-order valence-electron chi connectivity index (χ0n) is 8.97. The topological polar surface area (TPSA) is 17.1 Å². The molecule has 0 bridgehead atoms. The van der Waals surface area contributed by atoms with Crippen LogP contribution in [0.4, 0.5) is 0 Å². The van der Waals surface area contributed by atoms with Crippen molar-refractivity contribution in [1.29, 1.82) is 0 Å². The van der Waals surface area contributed by atoms with Crippen LogP contribution < -0.4 is 0 Å². The van der Waals surface area contributed by atoms with Crippen LogP contribution in [0.2, 0.25) is 0 Å². The van der Waals surface area contributed by atoms with Crippen molar-refractivity contribution in [2.75, 3.05) is 0 Å². The molecule has 0 amide bonds. The fourth-order valence-electron chi connectivity index (χ4n) is 2.09. The molecule has 1 aliphatic carbocycles. The minimum Gasteiger partial charge on any atom is -0.295 e. The van der Waals surface area contributed by atoms with Crippen LogP contribution in [0.15, 0.2) is 11.6 Å². The smallest absolute Gasteiger partial charge is 0.158 e. The van der Waals surface area contributed by atoms with Crippen LogP contribution >= 0.6 is 0 Å². The Morgan fingerprint density at radius 2 is 2.00 bits per heavy atom. The molecule has 2 atom stereocenters. The van der Waals surface area contributed by atoms with Crippen molar-refractivity contribution in [2.24, 2.45) is 11.8 Å². The van der Waals surface area contributed by atoms with E-state index in [1.165, 1.54) is 12.8 Å². The molecule has 2 unspecified atom stereocenters. The molecule has 0 saturated heterocycles. The summed E-state index contributed by atoms with van der Waals surface area (Å²) in [4.78, 5) is 11.7. The second-order valence-corrected chi connectivity index (χ2v) is 4.59. The van der Waals surface area contributed by atoms with E-state index in [1.807, 2.05) is 19.9 Å². The third kappa shape index (κ3) is 3.33. The van der Waals surface area contributed by atoms with Gasteiger partial charge in [0.25, 0.3) is 0 Å². The van der Waals surface area contributed by atoms with E-state index in [0.717, 1.165) is 24.3 Å². The number of hydrogen-bond acceptors (Lipinski definition) is 1. The average molecular weight is 180 g/mol. The van der Waals surface area contributed by atoms with Gasteiger partial charge in [-0.15, -0.1) is 0 Å². The first-order valence-corrected chi connectivity index (χ1v) is 5.28. The molecule has 0 heterocycles. The molecule has 0 spiro atoms. The Morgan fingerprint density at radius 1 is 1.31 bits per heavy atom. The number of allylic oxidation sites excluding steroid dienone is 2. The standard InChI is InChI=1S/C12H20O/c1-9(2)7-12(13)11-6-4-5-10(3)8-11/h7,10-11H,4-6,8H2,1-3H3. The first-order chi connectivity index (χ1) is 6.09.